The van der Waals surface area contributed by atoms with Crippen LogP contribution in [0.2, 0.25) is 0 Å². The van der Waals surface area contributed by atoms with E-state index in [1.807, 2.05) is 0 Å². The van der Waals surface area contributed by atoms with Gasteiger partial charge in [-0.05, 0) is 12.1 Å². The van der Waals surface area contributed by atoms with Gasteiger partial charge in [0.15, 0.2) is 5.56 Å². The molecule has 2 rings (SSSR count). The molecular weight excluding hydrogens is 203 g/mol. The van der Waals surface area contributed by atoms with Crippen molar-refractivity contribution < 1.29 is 14.3 Å². The molecule has 2 heterocycles. The van der Waals surface area contributed by atoms with Crippen molar-refractivity contribution >= 4 is 17.0 Å². The number of carboxylic acids is 1. The van der Waals surface area contributed by atoms with Crippen molar-refractivity contribution in [2.75, 3.05) is 0 Å². The fourth-order valence-corrected chi connectivity index (χ4v) is 1.28. The Morgan fingerprint density at radius 1 is 1.53 bits per heavy atom. The Morgan fingerprint density at radius 3 is 2.93 bits per heavy atom. The SMILES string of the molecule is O=C(O)c1c(F)[nH]c2ncccc2c1=O. The van der Waals surface area contributed by atoms with Crippen molar-refractivity contribution in [1.82, 2.24) is 9.97 Å². The minimum absolute atomic E-state index is 0.0324. The number of aromatic amines is 1. The third-order valence-electron chi connectivity index (χ3n) is 1.94. The Labute approximate surface area is 82.2 Å². The van der Waals surface area contributed by atoms with Crippen LogP contribution in [-0.2, 0) is 0 Å². The molecule has 76 valence electrons. The number of rotatable bonds is 1. The summed E-state index contributed by atoms with van der Waals surface area (Å²) in [5.74, 6) is -2.78. The number of nitrogens with one attached hydrogen (secondary N) is 1. The molecule has 0 aliphatic carbocycles. The predicted octanol–water partition coefficient (Wildman–Crippen LogP) is 0.760. The Balaban J connectivity index is 2.97. The monoisotopic (exact) mass is 208 g/mol. The standard InChI is InChI=1S/C9H5FN2O3/c10-7-5(9(14)15)6(13)4-2-1-3-11-8(4)12-7/h1-3H,(H,14,15)(H,11,12,13). The van der Waals surface area contributed by atoms with Crippen LogP contribution >= 0.6 is 0 Å². The highest BCUT2D eigenvalue weighted by molar-refractivity contribution is 5.91. The molecule has 0 saturated carbocycles. The molecule has 5 nitrogen and oxygen atoms in total. The van der Waals surface area contributed by atoms with E-state index in [9.17, 15) is 14.0 Å². The molecule has 0 fully saturated rings. The maximum absolute atomic E-state index is 13.2. The first kappa shape index (κ1) is 9.32. The second-order valence-corrected chi connectivity index (χ2v) is 2.85. The topological polar surface area (TPSA) is 83.0 Å². The van der Waals surface area contributed by atoms with Crippen LogP contribution in [0, 0.1) is 5.95 Å². The highest BCUT2D eigenvalue weighted by Crippen LogP contribution is 2.07. The molecule has 2 aromatic heterocycles. The number of pyridine rings is 2. The summed E-state index contributed by atoms with van der Waals surface area (Å²) in [6.45, 7) is 0. The summed E-state index contributed by atoms with van der Waals surface area (Å²) >= 11 is 0. The molecule has 0 unspecified atom stereocenters. The molecule has 0 aliphatic rings. The normalized spacial score (nSPS) is 10.5. The smallest absolute Gasteiger partial charge is 0.344 e. The zero-order valence-corrected chi connectivity index (χ0v) is 7.32. The molecule has 2 aromatic rings. The van der Waals surface area contributed by atoms with Crippen molar-refractivity contribution in [3.8, 4) is 0 Å². The molecule has 0 bridgehead atoms. The largest absolute Gasteiger partial charge is 0.477 e. The van der Waals surface area contributed by atoms with Gasteiger partial charge in [-0.1, -0.05) is 0 Å². The van der Waals surface area contributed by atoms with E-state index in [4.69, 9.17) is 5.11 Å². The molecule has 0 radical (unpaired) electrons. The zero-order chi connectivity index (χ0) is 11.0. The number of nitrogens with zero attached hydrogens (tertiary/aromatic N) is 1. The van der Waals surface area contributed by atoms with Gasteiger partial charge in [0.05, 0.1) is 5.39 Å². The Kier molecular flexibility index (Phi) is 1.96. The number of hydrogen-bond acceptors (Lipinski definition) is 3. The number of fused-ring (bicyclic) bond motifs is 1. The second-order valence-electron chi connectivity index (χ2n) is 2.85. The van der Waals surface area contributed by atoms with E-state index in [-0.39, 0.29) is 11.0 Å². The molecule has 0 atom stereocenters. The summed E-state index contributed by atoms with van der Waals surface area (Å²) in [4.78, 5) is 28.0. The van der Waals surface area contributed by atoms with Crippen LogP contribution in [0.5, 0.6) is 0 Å². The number of carboxylic acid groups (broad SMARTS) is 1. The summed E-state index contributed by atoms with van der Waals surface area (Å²) in [6.07, 6.45) is 1.37. The van der Waals surface area contributed by atoms with Gasteiger partial charge in [0.2, 0.25) is 11.4 Å². The number of carbonyl (C=O) groups is 1. The second kappa shape index (κ2) is 3.16. The lowest BCUT2D eigenvalue weighted by Crippen LogP contribution is -2.19. The van der Waals surface area contributed by atoms with Crippen LogP contribution in [0.3, 0.4) is 0 Å². The molecule has 2 N–H and O–H groups in total. The van der Waals surface area contributed by atoms with E-state index in [2.05, 4.69) is 9.97 Å². The number of halogens is 1. The van der Waals surface area contributed by atoms with Gasteiger partial charge in [-0.15, -0.1) is 0 Å². The summed E-state index contributed by atoms with van der Waals surface area (Å²) in [6, 6.07) is 2.86. The van der Waals surface area contributed by atoms with Crippen LogP contribution in [0.25, 0.3) is 11.0 Å². The summed E-state index contributed by atoms with van der Waals surface area (Å²) < 4.78 is 13.2. The van der Waals surface area contributed by atoms with Crippen molar-refractivity contribution in [2.24, 2.45) is 0 Å². The van der Waals surface area contributed by atoms with Crippen molar-refractivity contribution in [1.29, 1.82) is 0 Å². The van der Waals surface area contributed by atoms with Gasteiger partial charge in [-0.2, -0.15) is 4.39 Å². The van der Waals surface area contributed by atoms with Gasteiger partial charge in [0, 0.05) is 6.20 Å². The first-order valence-electron chi connectivity index (χ1n) is 4.01. The number of hydrogen-bond donors (Lipinski definition) is 2. The fourth-order valence-electron chi connectivity index (χ4n) is 1.28. The van der Waals surface area contributed by atoms with Gasteiger partial charge in [0.1, 0.15) is 5.65 Å². The molecule has 6 heteroatoms. The quantitative estimate of drug-likeness (QED) is 0.677. The Morgan fingerprint density at radius 2 is 2.27 bits per heavy atom. The van der Waals surface area contributed by atoms with E-state index >= 15 is 0 Å². The van der Waals surface area contributed by atoms with E-state index in [0.29, 0.717) is 0 Å². The van der Waals surface area contributed by atoms with Gasteiger partial charge in [-0.3, -0.25) is 4.79 Å². The minimum Gasteiger partial charge on any atom is -0.477 e. The third-order valence-corrected chi connectivity index (χ3v) is 1.94. The first-order chi connectivity index (χ1) is 7.11. The van der Waals surface area contributed by atoms with Gasteiger partial charge >= 0.3 is 5.97 Å². The minimum atomic E-state index is -1.60. The highest BCUT2D eigenvalue weighted by Gasteiger charge is 2.18. The molecule has 0 saturated heterocycles. The molecule has 15 heavy (non-hydrogen) atoms. The molecule has 0 aliphatic heterocycles. The van der Waals surface area contributed by atoms with Crippen LogP contribution in [-0.4, -0.2) is 21.0 Å². The number of aromatic nitrogens is 2. The van der Waals surface area contributed by atoms with Crippen LogP contribution in [0.4, 0.5) is 4.39 Å². The molecule has 0 aromatic carbocycles. The van der Waals surface area contributed by atoms with E-state index in [0.717, 1.165) is 0 Å². The molecule has 0 spiro atoms. The lowest BCUT2D eigenvalue weighted by molar-refractivity contribution is 0.0689. The lowest BCUT2D eigenvalue weighted by Gasteiger charge is -1.99. The van der Waals surface area contributed by atoms with Gasteiger partial charge in [-0.25, -0.2) is 9.78 Å². The van der Waals surface area contributed by atoms with E-state index in [1.54, 1.807) is 0 Å². The molecular formula is C9H5FN2O3. The average molecular weight is 208 g/mol. The lowest BCUT2D eigenvalue weighted by atomic mass is 10.2. The predicted molar refractivity (Wildman–Crippen MR) is 49.3 cm³/mol. The summed E-state index contributed by atoms with van der Waals surface area (Å²) in [5.41, 5.74) is -1.73. The van der Waals surface area contributed by atoms with Crippen LogP contribution in [0.15, 0.2) is 23.1 Å². The number of aromatic carboxylic acids is 1. The van der Waals surface area contributed by atoms with E-state index in [1.165, 1.54) is 18.3 Å². The van der Waals surface area contributed by atoms with Gasteiger partial charge in [0.25, 0.3) is 0 Å². The van der Waals surface area contributed by atoms with Crippen LogP contribution < -0.4 is 5.43 Å². The fraction of sp³-hybridized carbons (Fsp3) is 0. The van der Waals surface area contributed by atoms with Gasteiger partial charge < -0.3 is 10.1 Å². The summed E-state index contributed by atoms with van der Waals surface area (Å²) in [5, 5.41) is 8.68. The maximum atomic E-state index is 13.2. The van der Waals surface area contributed by atoms with Crippen molar-refractivity contribution in [3.63, 3.8) is 0 Å². The summed E-state index contributed by atoms with van der Waals surface area (Å²) in [7, 11) is 0. The zero-order valence-electron chi connectivity index (χ0n) is 7.32. The Hall–Kier alpha value is -2.24. The molecule has 0 amide bonds. The number of H-pyrrole nitrogens is 1. The van der Waals surface area contributed by atoms with Crippen molar-refractivity contribution in [2.45, 2.75) is 0 Å². The maximum Gasteiger partial charge on any atom is 0.344 e. The third kappa shape index (κ3) is 1.35. The van der Waals surface area contributed by atoms with Crippen molar-refractivity contribution in [3.05, 3.63) is 40.1 Å². The van der Waals surface area contributed by atoms with E-state index < -0.39 is 22.9 Å². The first-order valence-corrected chi connectivity index (χ1v) is 4.01. The highest BCUT2D eigenvalue weighted by atomic mass is 19.1. The van der Waals surface area contributed by atoms with Crippen LogP contribution in [0.1, 0.15) is 10.4 Å². The Bertz CT molecular complexity index is 606. The average Bonchev–Trinajstić information content (AvgIpc) is 2.17.